The molecule has 0 radical (unpaired) electrons. The van der Waals surface area contributed by atoms with E-state index in [0.29, 0.717) is 39.0 Å². The van der Waals surface area contributed by atoms with Crippen LogP contribution < -0.4 is 19.1 Å². The molecule has 1 saturated heterocycles. The van der Waals surface area contributed by atoms with Crippen molar-refractivity contribution >= 4 is 34.9 Å². The molecule has 0 aliphatic carbocycles. The molecule has 1 aliphatic heterocycles. The van der Waals surface area contributed by atoms with Gasteiger partial charge in [-0.1, -0.05) is 23.7 Å². The molecule has 8 nitrogen and oxygen atoms in total. The van der Waals surface area contributed by atoms with E-state index in [4.69, 9.17) is 25.8 Å². The number of anilines is 1. The van der Waals surface area contributed by atoms with Gasteiger partial charge in [0.2, 0.25) is 0 Å². The Kier molecular flexibility index (Phi) is 7.70. The van der Waals surface area contributed by atoms with Crippen LogP contribution in [0.4, 0.5) is 5.82 Å². The molecule has 1 aliphatic rings. The van der Waals surface area contributed by atoms with Crippen molar-refractivity contribution in [1.82, 2.24) is 4.98 Å². The van der Waals surface area contributed by atoms with Gasteiger partial charge >= 0.3 is 5.91 Å². The smallest absolute Gasteiger partial charge is 0.301 e. The van der Waals surface area contributed by atoms with Gasteiger partial charge in [0.1, 0.15) is 35.4 Å². The summed E-state index contributed by atoms with van der Waals surface area (Å²) in [6.07, 6.45) is 1.54. The molecule has 2 heterocycles. The van der Waals surface area contributed by atoms with E-state index in [2.05, 4.69) is 4.98 Å². The van der Waals surface area contributed by atoms with Crippen LogP contribution >= 0.6 is 11.6 Å². The highest BCUT2D eigenvalue weighted by Crippen LogP contribution is 2.42. The molecular weight excluding hydrogens is 532 g/mol. The number of hydrogen-bond acceptors (Lipinski definition) is 7. The quantitative estimate of drug-likeness (QED) is 0.162. The molecular formula is C31H25ClN2O6. The number of aromatic nitrogens is 1. The highest BCUT2D eigenvalue weighted by atomic mass is 35.5. The topological polar surface area (TPSA) is 98.2 Å². The SMILES string of the molecule is COc1ccc(/C(O)=C2\C(=O)C(=O)N(c3ccccn3)C2c2ccc(OC)c(COc3ccc(Cl)cc3)c2)cc1. The lowest BCUT2D eigenvalue weighted by Gasteiger charge is -2.25. The van der Waals surface area contributed by atoms with Crippen LogP contribution in [0.25, 0.3) is 5.76 Å². The summed E-state index contributed by atoms with van der Waals surface area (Å²) >= 11 is 5.98. The summed E-state index contributed by atoms with van der Waals surface area (Å²) in [6, 6.07) is 22.9. The molecule has 9 heteroatoms. The highest BCUT2D eigenvalue weighted by Gasteiger charge is 2.47. The summed E-state index contributed by atoms with van der Waals surface area (Å²) in [5, 5.41) is 12.0. The summed E-state index contributed by atoms with van der Waals surface area (Å²) < 4.78 is 16.7. The summed E-state index contributed by atoms with van der Waals surface area (Å²) in [6.45, 7) is 0.139. The van der Waals surface area contributed by atoms with Gasteiger partial charge < -0.3 is 19.3 Å². The van der Waals surface area contributed by atoms with Gasteiger partial charge in [-0.05, 0) is 78.4 Å². The Bertz CT molecular complexity index is 1570. The summed E-state index contributed by atoms with van der Waals surface area (Å²) in [5.74, 6) is 0.103. The van der Waals surface area contributed by atoms with Crippen LogP contribution in [-0.2, 0) is 16.2 Å². The summed E-state index contributed by atoms with van der Waals surface area (Å²) in [4.78, 5) is 32.4. The van der Waals surface area contributed by atoms with Gasteiger partial charge in [0.15, 0.2) is 0 Å². The molecule has 1 atom stereocenters. The Morgan fingerprint density at radius 1 is 0.925 bits per heavy atom. The number of halogens is 1. The van der Waals surface area contributed by atoms with E-state index in [0.717, 1.165) is 0 Å². The number of benzene rings is 3. The van der Waals surface area contributed by atoms with Crippen molar-refractivity contribution in [3.05, 3.63) is 118 Å². The van der Waals surface area contributed by atoms with Crippen molar-refractivity contribution < 1.29 is 28.9 Å². The zero-order chi connectivity index (χ0) is 28.2. The predicted molar refractivity (Wildman–Crippen MR) is 151 cm³/mol. The number of hydrogen-bond donors (Lipinski definition) is 1. The molecule has 202 valence electrons. The number of Topliss-reactive ketones (excluding diaryl/α,β-unsaturated/α-hetero) is 1. The number of aliphatic hydroxyl groups is 1. The fourth-order valence-corrected chi connectivity index (χ4v) is 4.68. The largest absolute Gasteiger partial charge is 0.507 e. The third-order valence-corrected chi connectivity index (χ3v) is 6.78. The molecule has 4 aromatic rings. The number of pyridine rings is 1. The van der Waals surface area contributed by atoms with E-state index < -0.39 is 17.7 Å². The van der Waals surface area contributed by atoms with E-state index in [1.807, 2.05) is 0 Å². The van der Waals surface area contributed by atoms with E-state index in [9.17, 15) is 14.7 Å². The van der Waals surface area contributed by atoms with Crippen LogP contribution in [0.15, 0.2) is 96.7 Å². The normalized spacial score (nSPS) is 16.2. The maximum Gasteiger partial charge on any atom is 0.301 e. The Morgan fingerprint density at radius 2 is 1.65 bits per heavy atom. The van der Waals surface area contributed by atoms with Crippen LogP contribution in [0.3, 0.4) is 0 Å². The maximum absolute atomic E-state index is 13.4. The predicted octanol–water partition coefficient (Wildman–Crippen LogP) is 5.96. The Balaban J connectivity index is 1.62. The van der Waals surface area contributed by atoms with E-state index in [1.54, 1.807) is 92.0 Å². The first-order valence-corrected chi connectivity index (χ1v) is 12.7. The first-order valence-electron chi connectivity index (χ1n) is 12.3. The number of methoxy groups -OCH3 is 2. The molecule has 40 heavy (non-hydrogen) atoms. The van der Waals surface area contributed by atoms with Crippen molar-refractivity contribution in [3.8, 4) is 17.2 Å². The average Bonchev–Trinajstić information content (AvgIpc) is 3.26. The Labute approximate surface area is 236 Å². The zero-order valence-electron chi connectivity index (χ0n) is 21.7. The number of rotatable bonds is 8. The second-order valence-corrected chi connectivity index (χ2v) is 9.34. The molecule has 5 rings (SSSR count). The number of nitrogens with zero attached hydrogens (tertiary/aromatic N) is 2. The van der Waals surface area contributed by atoms with Gasteiger partial charge in [-0.2, -0.15) is 0 Å². The minimum atomic E-state index is -0.961. The van der Waals surface area contributed by atoms with Crippen molar-refractivity contribution in [2.45, 2.75) is 12.6 Å². The Hall–Kier alpha value is -4.82. The van der Waals surface area contributed by atoms with Crippen LogP contribution in [0.1, 0.15) is 22.7 Å². The van der Waals surface area contributed by atoms with Crippen molar-refractivity contribution in [2.24, 2.45) is 0 Å². The first-order chi connectivity index (χ1) is 19.4. The molecule has 1 N–H and O–H groups in total. The Morgan fingerprint density at radius 3 is 2.30 bits per heavy atom. The minimum absolute atomic E-state index is 0.0597. The highest BCUT2D eigenvalue weighted by molar-refractivity contribution is 6.51. The van der Waals surface area contributed by atoms with Crippen LogP contribution in [0, 0.1) is 0 Å². The van der Waals surface area contributed by atoms with Gasteiger partial charge in [-0.15, -0.1) is 0 Å². The zero-order valence-corrected chi connectivity index (χ0v) is 22.5. The van der Waals surface area contributed by atoms with Gasteiger partial charge in [0.25, 0.3) is 5.78 Å². The molecule has 0 bridgehead atoms. The fraction of sp³-hybridized carbons (Fsp3) is 0.129. The molecule has 3 aromatic carbocycles. The summed E-state index contributed by atoms with van der Waals surface area (Å²) in [5.41, 5.74) is 1.54. The number of ether oxygens (including phenoxy) is 3. The van der Waals surface area contributed by atoms with Gasteiger partial charge in [0, 0.05) is 22.3 Å². The molecule has 1 fully saturated rings. The third-order valence-electron chi connectivity index (χ3n) is 6.53. The lowest BCUT2D eigenvalue weighted by atomic mass is 9.94. The number of carbonyl (C=O) groups excluding carboxylic acids is 2. The number of amides is 1. The number of aliphatic hydroxyl groups excluding tert-OH is 1. The average molecular weight is 557 g/mol. The van der Waals surface area contributed by atoms with E-state index in [1.165, 1.54) is 18.2 Å². The van der Waals surface area contributed by atoms with Gasteiger partial charge in [-0.25, -0.2) is 4.98 Å². The minimum Gasteiger partial charge on any atom is -0.507 e. The number of ketones is 1. The second-order valence-electron chi connectivity index (χ2n) is 8.90. The molecule has 1 unspecified atom stereocenters. The number of carbonyl (C=O) groups is 2. The lowest BCUT2D eigenvalue weighted by molar-refractivity contribution is -0.132. The molecule has 0 saturated carbocycles. The van der Waals surface area contributed by atoms with Gasteiger partial charge in [-0.3, -0.25) is 14.5 Å². The fourth-order valence-electron chi connectivity index (χ4n) is 4.56. The van der Waals surface area contributed by atoms with Crippen molar-refractivity contribution in [1.29, 1.82) is 0 Å². The monoisotopic (exact) mass is 556 g/mol. The maximum atomic E-state index is 13.4. The molecule has 0 spiro atoms. The van der Waals surface area contributed by atoms with Crippen molar-refractivity contribution in [2.75, 3.05) is 19.1 Å². The van der Waals surface area contributed by atoms with E-state index in [-0.39, 0.29) is 23.8 Å². The van der Waals surface area contributed by atoms with Crippen LogP contribution in [0.2, 0.25) is 5.02 Å². The molecule has 1 amide bonds. The second kappa shape index (κ2) is 11.5. The van der Waals surface area contributed by atoms with Crippen LogP contribution in [0.5, 0.6) is 17.2 Å². The van der Waals surface area contributed by atoms with Crippen LogP contribution in [-0.4, -0.2) is 36.0 Å². The first kappa shape index (κ1) is 26.8. The lowest BCUT2D eigenvalue weighted by Crippen LogP contribution is -2.30. The van der Waals surface area contributed by atoms with Gasteiger partial charge in [0.05, 0.1) is 25.8 Å². The van der Waals surface area contributed by atoms with Crippen molar-refractivity contribution in [3.63, 3.8) is 0 Å². The summed E-state index contributed by atoms with van der Waals surface area (Å²) in [7, 11) is 3.08. The van der Waals surface area contributed by atoms with E-state index >= 15 is 0 Å². The molecule has 1 aromatic heterocycles. The standard InChI is InChI=1S/C31H25ClN2O6/c1-38-23-11-6-19(7-12-23)29(35)27-28(34(31(37)30(27)36)26-5-3-4-16-33-26)20-8-15-25(39-2)21(17-20)18-40-24-13-9-22(32)10-14-24/h3-17,28,35H,18H2,1-2H3/b29-27+. The third kappa shape index (κ3) is 5.21.